The average Bonchev–Trinajstić information content (AvgIpc) is 2.40. The van der Waals surface area contributed by atoms with Gasteiger partial charge in [-0.15, -0.1) is 0 Å². The van der Waals surface area contributed by atoms with Gasteiger partial charge in [0.2, 0.25) is 0 Å². The van der Waals surface area contributed by atoms with Crippen molar-refractivity contribution in [1.82, 2.24) is 10.2 Å². The zero-order valence-corrected chi connectivity index (χ0v) is 13.4. The number of benzene rings is 1. The number of amides is 1. The number of piperidine rings is 1. The summed E-state index contributed by atoms with van der Waals surface area (Å²) < 4.78 is 0. The van der Waals surface area contributed by atoms with Gasteiger partial charge in [0.15, 0.2) is 0 Å². The van der Waals surface area contributed by atoms with E-state index in [1.165, 1.54) is 24.0 Å². The fraction of sp³-hybridized carbons (Fsp3) is 0.611. The van der Waals surface area contributed by atoms with Gasteiger partial charge in [-0.25, -0.2) is 0 Å². The molecule has 1 saturated heterocycles. The van der Waals surface area contributed by atoms with Crippen LogP contribution in [0.1, 0.15) is 48.2 Å². The van der Waals surface area contributed by atoms with Crippen LogP contribution >= 0.6 is 0 Å². The van der Waals surface area contributed by atoms with E-state index in [4.69, 9.17) is 0 Å². The lowest BCUT2D eigenvalue weighted by Gasteiger charge is -2.41. The molecule has 0 saturated carbocycles. The molecule has 0 bridgehead atoms. The van der Waals surface area contributed by atoms with Crippen LogP contribution in [-0.2, 0) is 6.42 Å². The molecule has 21 heavy (non-hydrogen) atoms. The highest BCUT2D eigenvalue weighted by Crippen LogP contribution is 2.26. The second kappa shape index (κ2) is 5.45. The van der Waals surface area contributed by atoms with Crippen LogP contribution in [0.15, 0.2) is 18.2 Å². The topological polar surface area (TPSA) is 32.3 Å². The molecule has 0 aromatic heterocycles. The number of likely N-dealkylation sites (tertiary alicyclic amines) is 1. The molecule has 3 heteroatoms. The van der Waals surface area contributed by atoms with Gasteiger partial charge in [-0.2, -0.15) is 0 Å². The van der Waals surface area contributed by atoms with Crippen LogP contribution in [-0.4, -0.2) is 36.0 Å². The van der Waals surface area contributed by atoms with Crippen molar-refractivity contribution in [3.63, 3.8) is 0 Å². The second-order valence-corrected chi connectivity index (χ2v) is 7.31. The van der Waals surface area contributed by atoms with Gasteiger partial charge in [0, 0.05) is 12.1 Å². The summed E-state index contributed by atoms with van der Waals surface area (Å²) in [5.74, 6) is 0.933. The molecule has 2 aliphatic heterocycles. The number of fused-ring (bicyclic) bond motifs is 1. The van der Waals surface area contributed by atoms with Crippen molar-refractivity contribution in [1.29, 1.82) is 0 Å². The molecule has 1 fully saturated rings. The lowest BCUT2D eigenvalue weighted by Crippen LogP contribution is -2.58. The Bertz CT molecular complexity index is 546. The molecular weight excluding hydrogens is 260 g/mol. The van der Waals surface area contributed by atoms with E-state index >= 15 is 0 Å². The van der Waals surface area contributed by atoms with E-state index in [0.29, 0.717) is 0 Å². The summed E-state index contributed by atoms with van der Waals surface area (Å²) in [5.41, 5.74) is 3.15. The molecule has 0 aliphatic carbocycles. The number of aryl methyl sites for hydroxylation is 1. The van der Waals surface area contributed by atoms with Gasteiger partial charge in [0.25, 0.3) is 5.91 Å². The van der Waals surface area contributed by atoms with Crippen molar-refractivity contribution in [2.45, 2.75) is 45.6 Å². The minimum Gasteiger partial charge on any atom is -0.345 e. The van der Waals surface area contributed by atoms with Gasteiger partial charge in [-0.05, 0) is 63.7 Å². The van der Waals surface area contributed by atoms with E-state index < -0.39 is 0 Å². The monoisotopic (exact) mass is 286 g/mol. The summed E-state index contributed by atoms with van der Waals surface area (Å²) in [7, 11) is 0. The summed E-state index contributed by atoms with van der Waals surface area (Å²) in [5, 5.41) is 3.25. The van der Waals surface area contributed by atoms with Crippen LogP contribution in [0.5, 0.6) is 0 Å². The maximum atomic E-state index is 12.4. The van der Waals surface area contributed by atoms with Crippen LogP contribution in [0.25, 0.3) is 0 Å². The highest BCUT2D eigenvalue weighted by Gasteiger charge is 2.35. The Hall–Kier alpha value is -1.35. The molecule has 1 amide bonds. The molecule has 1 aromatic rings. The first kappa shape index (κ1) is 14.6. The summed E-state index contributed by atoms with van der Waals surface area (Å²) in [4.78, 5) is 14.9. The number of carbonyl (C=O) groups is 1. The molecular formula is C18H26N2O. The van der Waals surface area contributed by atoms with Gasteiger partial charge in [-0.1, -0.05) is 24.6 Å². The minimum atomic E-state index is -0.140. The first-order valence-electron chi connectivity index (χ1n) is 8.10. The molecule has 1 N–H and O–H groups in total. The zero-order chi connectivity index (χ0) is 15.0. The molecule has 3 nitrogen and oxygen atoms in total. The summed E-state index contributed by atoms with van der Waals surface area (Å²) in [6.07, 6.45) is 3.49. The number of nitrogens with one attached hydrogen (secondary N) is 1. The number of hydrogen-bond acceptors (Lipinski definition) is 2. The largest absolute Gasteiger partial charge is 0.345 e. The van der Waals surface area contributed by atoms with Crippen LogP contribution in [0.2, 0.25) is 0 Å². The standard InChI is InChI=1S/C18H26N2O/c1-13-6-8-20(9-7-13)12-18(3)11-15-10-14(2)4-5-16(15)17(21)19-18/h4-5,10,13H,6-9,11-12H2,1-3H3,(H,19,21). The smallest absolute Gasteiger partial charge is 0.252 e. The predicted molar refractivity (Wildman–Crippen MR) is 85.6 cm³/mol. The molecule has 114 valence electrons. The Morgan fingerprint density at radius 2 is 2.05 bits per heavy atom. The molecule has 0 spiro atoms. The lowest BCUT2D eigenvalue weighted by atomic mass is 9.84. The molecule has 2 heterocycles. The number of carbonyl (C=O) groups excluding carboxylic acids is 1. The Labute approximate surface area is 127 Å². The van der Waals surface area contributed by atoms with Crippen molar-refractivity contribution in [2.24, 2.45) is 5.92 Å². The molecule has 0 radical (unpaired) electrons. The first-order valence-corrected chi connectivity index (χ1v) is 8.10. The third kappa shape index (κ3) is 3.13. The van der Waals surface area contributed by atoms with E-state index in [-0.39, 0.29) is 11.4 Å². The second-order valence-electron chi connectivity index (χ2n) is 7.31. The lowest BCUT2D eigenvalue weighted by molar-refractivity contribution is 0.0825. The van der Waals surface area contributed by atoms with E-state index in [1.54, 1.807) is 0 Å². The fourth-order valence-electron chi connectivity index (χ4n) is 3.71. The third-order valence-electron chi connectivity index (χ3n) is 4.95. The highest BCUT2D eigenvalue weighted by atomic mass is 16.1. The van der Waals surface area contributed by atoms with Gasteiger partial charge in [0.1, 0.15) is 0 Å². The van der Waals surface area contributed by atoms with E-state index in [2.05, 4.69) is 37.1 Å². The normalized spacial score (nSPS) is 27.3. The zero-order valence-electron chi connectivity index (χ0n) is 13.4. The van der Waals surface area contributed by atoms with Crippen molar-refractivity contribution in [3.8, 4) is 0 Å². The van der Waals surface area contributed by atoms with E-state index in [0.717, 1.165) is 37.5 Å². The Morgan fingerprint density at radius 3 is 2.76 bits per heavy atom. The van der Waals surface area contributed by atoms with Gasteiger partial charge in [-0.3, -0.25) is 4.79 Å². The van der Waals surface area contributed by atoms with Crippen LogP contribution < -0.4 is 5.32 Å². The van der Waals surface area contributed by atoms with Crippen LogP contribution in [0.4, 0.5) is 0 Å². The number of nitrogens with zero attached hydrogens (tertiary/aromatic N) is 1. The average molecular weight is 286 g/mol. The van der Waals surface area contributed by atoms with E-state index in [1.807, 2.05) is 12.1 Å². The molecule has 1 unspecified atom stereocenters. The maximum absolute atomic E-state index is 12.4. The van der Waals surface area contributed by atoms with Gasteiger partial charge in [0.05, 0.1) is 5.54 Å². The third-order valence-corrected chi connectivity index (χ3v) is 4.95. The van der Waals surface area contributed by atoms with Crippen molar-refractivity contribution in [2.75, 3.05) is 19.6 Å². The number of hydrogen-bond donors (Lipinski definition) is 1. The molecule has 2 aliphatic rings. The Kier molecular flexibility index (Phi) is 3.78. The van der Waals surface area contributed by atoms with Gasteiger partial charge < -0.3 is 10.2 Å². The van der Waals surface area contributed by atoms with Crippen LogP contribution in [0.3, 0.4) is 0 Å². The number of rotatable bonds is 2. The minimum absolute atomic E-state index is 0.0872. The first-order chi connectivity index (χ1) is 9.95. The van der Waals surface area contributed by atoms with E-state index in [9.17, 15) is 4.79 Å². The molecule has 3 rings (SSSR count). The Balaban J connectivity index is 1.75. The maximum Gasteiger partial charge on any atom is 0.252 e. The van der Waals surface area contributed by atoms with Crippen molar-refractivity contribution >= 4 is 5.91 Å². The quantitative estimate of drug-likeness (QED) is 0.906. The predicted octanol–water partition coefficient (Wildman–Crippen LogP) is 2.77. The summed E-state index contributed by atoms with van der Waals surface area (Å²) >= 11 is 0. The van der Waals surface area contributed by atoms with Crippen molar-refractivity contribution < 1.29 is 4.79 Å². The fourth-order valence-corrected chi connectivity index (χ4v) is 3.71. The highest BCUT2D eigenvalue weighted by molar-refractivity contribution is 5.97. The van der Waals surface area contributed by atoms with Crippen molar-refractivity contribution in [3.05, 3.63) is 34.9 Å². The molecule has 1 aromatic carbocycles. The summed E-state index contributed by atoms with van der Waals surface area (Å²) in [6.45, 7) is 9.89. The van der Waals surface area contributed by atoms with Gasteiger partial charge >= 0.3 is 0 Å². The van der Waals surface area contributed by atoms with Crippen LogP contribution in [0, 0.1) is 12.8 Å². The summed E-state index contributed by atoms with van der Waals surface area (Å²) in [6, 6.07) is 6.15. The SMILES string of the molecule is Cc1ccc2c(c1)CC(C)(CN1CCC(C)CC1)NC2=O. The molecule has 1 atom stereocenters. The Morgan fingerprint density at radius 1 is 1.33 bits per heavy atom.